The average molecular weight is 476 g/mol. The van der Waals surface area contributed by atoms with Gasteiger partial charge in [-0.2, -0.15) is 0 Å². The van der Waals surface area contributed by atoms with Crippen LogP contribution in [0.4, 0.5) is 10.1 Å². The number of hydrogen-bond acceptors (Lipinski definition) is 5. The van der Waals surface area contributed by atoms with Gasteiger partial charge in [-0.1, -0.05) is 6.07 Å². The van der Waals surface area contributed by atoms with Gasteiger partial charge in [-0.25, -0.2) is 9.37 Å². The van der Waals surface area contributed by atoms with Gasteiger partial charge >= 0.3 is 0 Å². The molecule has 4 rings (SSSR count). The van der Waals surface area contributed by atoms with Crippen LogP contribution in [0.25, 0.3) is 0 Å². The largest absolute Gasteiger partial charge is 0.379 e. The highest BCUT2D eigenvalue weighted by atomic mass is 127. The van der Waals surface area contributed by atoms with Crippen molar-refractivity contribution in [2.24, 2.45) is 0 Å². The summed E-state index contributed by atoms with van der Waals surface area (Å²) in [6.07, 6.45) is 5.38. The fourth-order valence-corrected chi connectivity index (χ4v) is 2.32. The van der Waals surface area contributed by atoms with E-state index in [4.69, 9.17) is 4.74 Å². The van der Waals surface area contributed by atoms with Gasteiger partial charge in [-0.05, 0) is 31.0 Å². The lowest BCUT2D eigenvalue weighted by Gasteiger charge is -2.10. The summed E-state index contributed by atoms with van der Waals surface area (Å²) in [5.41, 5.74) is 1.56. The van der Waals surface area contributed by atoms with Crippen molar-refractivity contribution in [1.82, 2.24) is 15.3 Å². The number of amides is 1. The fourth-order valence-electron chi connectivity index (χ4n) is 2.32. The second-order valence-electron chi connectivity index (χ2n) is 5.93. The standard InChI is InChI=1S/C14H12FN3O.C4H9NO.HI.2H2/c15-10-2-1-3-11(6-10)18-14(19)13-8-16-12(7-17-13)9-4-5-9;1-3-6-4-2-5-1;;;/h1-3,6-9H,4-5H2,(H,18,19);5H,1-4H2;3*1H. The van der Waals surface area contributed by atoms with Crippen LogP contribution >= 0.6 is 24.0 Å². The van der Waals surface area contributed by atoms with Crippen molar-refractivity contribution in [3.05, 3.63) is 53.9 Å². The van der Waals surface area contributed by atoms with Crippen molar-refractivity contribution in [2.75, 3.05) is 31.6 Å². The maximum Gasteiger partial charge on any atom is 0.275 e. The van der Waals surface area contributed by atoms with Crippen LogP contribution in [-0.4, -0.2) is 42.2 Å². The SMILES string of the molecule is C1COCCN1.I.O=C(Nc1cccc(F)c1)c1cnc(C2CC2)cn1.[HH].[HH]. The Labute approximate surface area is 171 Å². The first-order valence-electron chi connectivity index (χ1n) is 8.40. The molecule has 144 valence electrons. The van der Waals surface area contributed by atoms with E-state index < -0.39 is 5.82 Å². The second-order valence-corrected chi connectivity index (χ2v) is 5.93. The molecule has 1 aromatic heterocycles. The van der Waals surface area contributed by atoms with Gasteiger partial charge in [0.2, 0.25) is 0 Å². The third-order valence-corrected chi connectivity index (χ3v) is 3.83. The third kappa shape index (κ3) is 6.58. The summed E-state index contributed by atoms with van der Waals surface area (Å²) in [6.45, 7) is 3.83. The quantitative estimate of drug-likeness (QED) is 0.664. The van der Waals surface area contributed by atoms with Gasteiger partial charge in [0.05, 0.1) is 25.1 Å². The number of aromatic nitrogens is 2. The molecule has 1 amide bonds. The van der Waals surface area contributed by atoms with Gasteiger partial charge in [0.25, 0.3) is 5.91 Å². The van der Waals surface area contributed by atoms with Gasteiger partial charge in [0, 0.05) is 33.7 Å². The van der Waals surface area contributed by atoms with Crippen LogP contribution in [0.5, 0.6) is 0 Å². The lowest BCUT2D eigenvalue weighted by molar-refractivity contribution is 0.102. The van der Waals surface area contributed by atoms with Gasteiger partial charge in [0.1, 0.15) is 11.5 Å². The molecule has 1 aromatic carbocycles. The number of nitrogens with one attached hydrogen (secondary N) is 2. The van der Waals surface area contributed by atoms with Crippen LogP contribution < -0.4 is 10.6 Å². The highest BCUT2D eigenvalue weighted by molar-refractivity contribution is 14.0. The minimum atomic E-state index is -0.395. The molecule has 6 nitrogen and oxygen atoms in total. The Balaban J connectivity index is 0.000000704. The molecule has 26 heavy (non-hydrogen) atoms. The predicted molar refractivity (Wildman–Crippen MR) is 112 cm³/mol. The molecule has 1 aliphatic heterocycles. The lowest BCUT2D eigenvalue weighted by Crippen LogP contribution is -2.30. The van der Waals surface area contributed by atoms with E-state index in [2.05, 4.69) is 20.6 Å². The molecular formula is C18H26FIN4O2. The molecule has 1 saturated carbocycles. The first-order valence-corrected chi connectivity index (χ1v) is 8.40. The predicted octanol–water partition coefficient (Wildman–Crippen LogP) is 3.46. The minimum absolute atomic E-state index is 0. The van der Waals surface area contributed by atoms with Crippen LogP contribution in [0.3, 0.4) is 0 Å². The minimum Gasteiger partial charge on any atom is -0.379 e. The topological polar surface area (TPSA) is 76.1 Å². The number of ether oxygens (including phenoxy) is 1. The van der Waals surface area contributed by atoms with Crippen LogP contribution in [0.2, 0.25) is 0 Å². The Bertz CT molecular complexity index is 705. The number of nitrogens with zero attached hydrogens (tertiary/aromatic N) is 2. The van der Waals surface area contributed by atoms with Crippen LogP contribution in [0, 0.1) is 5.82 Å². The summed E-state index contributed by atoms with van der Waals surface area (Å²) in [4.78, 5) is 20.2. The number of carbonyl (C=O) groups is 1. The Morgan fingerprint density at radius 3 is 2.50 bits per heavy atom. The second kappa shape index (κ2) is 10.5. The Kier molecular flexibility index (Phi) is 8.33. The Hall–Kier alpha value is -1.65. The van der Waals surface area contributed by atoms with E-state index in [1.165, 1.54) is 24.4 Å². The number of hydrogen-bond donors (Lipinski definition) is 2. The van der Waals surface area contributed by atoms with Crippen molar-refractivity contribution in [1.29, 1.82) is 0 Å². The molecular weight excluding hydrogens is 450 g/mol. The van der Waals surface area contributed by atoms with Crippen molar-refractivity contribution in [3.63, 3.8) is 0 Å². The van der Waals surface area contributed by atoms with Crippen molar-refractivity contribution in [3.8, 4) is 0 Å². The molecule has 1 saturated heterocycles. The van der Waals surface area contributed by atoms with Crippen molar-refractivity contribution in [2.45, 2.75) is 18.8 Å². The average Bonchev–Trinajstić information content (AvgIpc) is 3.49. The lowest BCUT2D eigenvalue weighted by atomic mass is 10.3. The number of rotatable bonds is 3. The van der Waals surface area contributed by atoms with E-state index in [1.807, 2.05) is 0 Å². The zero-order valence-electron chi connectivity index (χ0n) is 14.3. The zero-order chi connectivity index (χ0) is 17.5. The molecule has 0 atom stereocenters. The molecule has 2 fully saturated rings. The van der Waals surface area contributed by atoms with E-state index in [0.717, 1.165) is 44.8 Å². The summed E-state index contributed by atoms with van der Waals surface area (Å²) < 4.78 is 18.0. The van der Waals surface area contributed by atoms with Crippen LogP contribution in [0.15, 0.2) is 36.7 Å². The molecule has 2 aliphatic rings. The zero-order valence-corrected chi connectivity index (χ0v) is 16.6. The molecule has 2 heterocycles. The smallest absolute Gasteiger partial charge is 0.275 e. The van der Waals surface area contributed by atoms with E-state index in [9.17, 15) is 9.18 Å². The molecule has 0 bridgehead atoms. The number of carbonyl (C=O) groups excluding carboxylic acids is 1. The normalized spacial score (nSPS) is 15.9. The van der Waals surface area contributed by atoms with Crippen LogP contribution in [-0.2, 0) is 4.74 Å². The number of halogens is 2. The van der Waals surface area contributed by atoms with E-state index >= 15 is 0 Å². The van der Waals surface area contributed by atoms with Crippen LogP contribution in [0.1, 0.15) is 37.8 Å². The third-order valence-electron chi connectivity index (χ3n) is 3.83. The molecule has 8 heteroatoms. The highest BCUT2D eigenvalue weighted by Gasteiger charge is 2.25. The van der Waals surface area contributed by atoms with E-state index in [-0.39, 0.29) is 38.4 Å². The maximum absolute atomic E-state index is 13.0. The Morgan fingerprint density at radius 2 is 2.00 bits per heavy atom. The molecule has 0 spiro atoms. The van der Waals surface area contributed by atoms with Gasteiger partial charge in [-0.3, -0.25) is 9.78 Å². The molecule has 0 radical (unpaired) electrons. The number of morpholine rings is 1. The number of benzene rings is 1. The maximum atomic E-state index is 13.0. The highest BCUT2D eigenvalue weighted by Crippen LogP contribution is 2.38. The first-order chi connectivity index (χ1) is 12.2. The van der Waals surface area contributed by atoms with Gasteiger partial charge in [-0.15, -0.1) is 24.0 Å². The number of anilines is 1. The first kappa shape index (κ1) is 20.7. The molecule has 0 unspecified atom stereocenters. The van der Waals surface area contributed by atoms with E-state index in [0.29, 0.717) is 11.6 Å². The van der Waals surface area contributed by atoms with Crippen molar-refractivity contribution >= 4 is 35.6 Å². The molecule has 2 N–H and O–H groups in total. The summed E-state index contributed by atoms with van der Waals surface area (Å²) in [5, 5.41) is 5.74. The summed E-state index contributed by atoms with van der Waals surface area (Å²) in [7, 11) is 0. The Morgan fingerprint density at radius 1 is 1.23 bits per heavy atom. The summed E-state index contributed by atoms with van der Waals surface area (Å²) in [6, 6.07) is 5.73. The van der Waals surface area contributed by atoms with Gasteiger partial charge in [0.15, 0.2) is 0 Å². The molecule has 2 aromatic rings. The summed E-state index contributed by atoms with van der Waals surface area (Å²) in [5.74, 6) is -0.277. The molecule has 1 aliphatic carbocycles. The van der Waals surface area contributed by atoms with E-state index in [1.54, 1.807) is 12.3 Å². The monoisotopic (exact) mass is 476 g/mol. The summed E-state index contributed by atoms with van der Waals surface area (Å²) >= 11 is 0. The van der Waals surface area contributed by atoms with Gasteiger partial charge < -0.3 is 15.4 Å². The van der Waals surface area contributed by atoms with Crippen molar-refractivity contribution < 1.29 is 16.8 Å². The fraction of sp³-hybridized carbons (Fsp3) is 0.389.